The van der Waals surface area contributed by atoms with E-state index < -0.39 is 17.2 Å². The Morgan fingerprint density at radius 1 is 1.36 bits per heavy atom. The Morgan fingerprint density at radius 3 is 2.72 bits per heavy atom. The van der Waals surface area contributed by atoms with E-state index >= 15 is 0 Å². The molecule has 6 heteroatoms. The molecule has 5 rings (SSSR count). The largest absolute Gasteiger partial charge is 0.401 e. The van der Waals surface area contributed by atoms with Crippen LogP contribution in [0.4, 0.5) is 0 Å². The number of carbonyl (C=O) groups is 1. The number of nitrogens with two attached hydrogens (primary N) is 1. The van der Waals surface area contributed by atoms with Crippen molar-refractivity contribution in [1.29, 1.82) is 5.26 Å². The van der Waals surface area contributed by atoms with Gasteiger partial charge in [-0.2, -0.15) is 5.26 Å². The van der Waals surface area contributed by atoms with Gasteiger partial charge in [-0.25, -0.2) is 0 Å². The Bertz CT molecular complexity index is 659. The molecule has 3 N–H and O–H groups in total. The van der Waals surface area contributed by atoms with Gasteiger partial charge >= 0.3 is 0 Å². The average molecular weight is 345 g/mol. The Kier molecular flexibility index (Phi) is 3.86. The van der Waals surface area contributed by atoms with Crippen LogP contribution in [-0.2, 0) is 14.3 Å². The van der Waals surface area contributed by atoms with E-state index in [-0.39, 0.29) is 17.7 Å². The number of nitriles is 1. The van der Waals surface area contributed by atoms with Crippen LogP contribution in [0, 0.1) is 35.0 Å². The van der Waals surface area contributed by atoms with Gasteiger partial charge in [-0.05, 0) is 30.6 Å². The fourth-order valence-electron chi connectivity index (χ4n) is 5.56. The van der Waals surface area contributed by atoms with Crippen LogP contribution in [0.3, 0.4) is 0 Å². The zero-order valence-electron chi connectivity index (χ0n) is 15.0. The van der Waals surface area contributed by atoms with Crippen LogP contribution in [-0.4, -0.2) is 30.4 Å². The summed E-state index contributed by atoms with van der Waals surface area (Å²) in [6, 6.07) is 2.32. The van der Waals surface area contributed by atoms with Gasteiger partial charge in [0.25, 0.3) is 0 Å². The van der Waals surface area contributed by atoms with Crippen molar-refractivity contribution >= 4 is 5.91 Å². The molecule has 3 aliphatic heterocycles. The second-order valence-electron chi connectivity index (χ2n) is 8.43. The number of amides is 1. The third-order valence-corrected chi connectivity index (χ3v) is 6.71. The third-order valence-electron chi connectivity index (χ3n) is 6.71. The minimum Gasteiger partial charge on any atom is -0.401 e. The molecule has 2 spiro atoms. The van der Waals surface area contributed by atoms with E-state index in [1.807, 2.05) is 0 Å². The number of nitrogens with one attached hydrogen (secondary N) is 1. The second-order valence-corrected chi connectivity index (χ2v) is 8.43. The molecule has 0 radical (unpaired) electrons. The molecule has 6 nitrogen and oxygen atoms in total. The maximum absolute atomic E-state index is 12.7. The van der Waals surface area contributed by atoms with E-state index in [0.717, 1.165) is 19.3 Å². The molecule has 3 fully saturated rings. The lowest BCUT2D eigenvalue weighted by Crippen LogP contribution is -2.72. The number of nitrogens with zero attached hydrogens (tertiary/aromatic N) is 1. The first-order valence-corrected chi connectivity index (χ1v) is 9.42. The molecule has 0 aromatic carbocycles. The summed E-state index contributed by atoms with van der Waals surface area (Å²) in [4.78, 5) is 12.7. The summed E-state index contributed by atoms with van der Waals surface area (Å²) in [7, 11) is 0. The fraction of sp³-hybridized carbons (Fsp3) is 0.789. The van der Waals surface area contributed by atoms with Crippen molar-refractivity contribution in [3.8, 4) is 6.07 Å². The molecule has 0 aromatic heterocycles. The summed E-state index contributed by atoms with van der Waals surface area (Å²) in [6.45, 7) is 5.63. The monoisotopic (exact) mass is 345 g/mol. The fourth-order valence-corrected chi connectivity index (χ4v) is 5.56. The molecular weight excluding hydrogens is 318 g/mol. The Labute approximate surface area is 148 Å². The van der Waals surface area contributed by atoms with E-state index in [2.05, 4.69) is 25.2 Å². The van der Waals surface area contributed by atoms with Crippen molar-refractivity contribution in [2.24, 2.45) is 29.4 Å². The quantitative estimate of drug-likeness (QED) is 0.813. The van der Waals surface area contributed by atoms with Crippen molar-refractivity contribution in [1.82, 2.24) is 5.32 Å². The van der Waals surface area contributed by atoms with Gasteiger partial charge in [-0.3, -0.25) is 4.79 Å². The number of ether oxygens (including phenoxy) is 2. The smallest absolute Gasteiger partial charge is 0.230 e. The predicted octanol–water partition coefficient (Wildman–Crippen LogP) is 1.82. The first-order chi connectivity index (χ1) is 11.9. The number of rotatable bonds is 3. The molecule has 1 amide bonds. The van der Waals surface area contributed by atoms with Crippen LogP contribution in [0.25, 0.3) is 0 Å². The van der Waals surface area contributed by atoms with E-state index in [1.54, 1.807) is 0 Å². The van der Waals surface area contributed by atoms with Gasteiger partial charge in [0.1, 0.15) is 0 Å². The zero-order valence-corrected chi connectivity index (χ0v) is 15.0. The van der Waals surface area contributed by atoms with Crippen LogP contribution in [0.5, 0.6) is 0 Å². The van der Waals surface area contributed by atoms with Gasteiger partial charge in [0.2, 0.25) is 5.91 Å². The molecule has 2 bridgehead atoms. The first-order valence-electron chi connectivity index (χ1n) is 9.42. The second kappa shape index (κ2) is 5.72. The molecule has 1 saturated carbocycles. The van der Waals surface area contributed by atoms with E-state index in [4.69, 9.17) is 15.2 Å². The van der Waals surface area contributed by atoms with E-state index in [9.17, 15) is 10.1 Å². The van der Waals surface area contributed by atoms with Crippen LogP contribution >= 0.6 is 0 Å². The first kappa shape index (κ1) is 16.9. The van der Waals surface area contributed by atoms with Gasteiger partial charge in [-0.15, -0.1) is 0 Å². The standard InChI is InChI=1S/C19H27N3O3/c1-11(2)3-4-12-13-9-18(24-7-8-25-18)5-6-19(13)14(10-20)16(21)15(12)17(23)22-19/h11-13,15H,3-9,21H2,1-2H3,(H,22,23)/t12-,13+,15+,19-/m0/s1. The number of hydrogen-bond donors (Lipinski definition) is 2. The Morgan fingerprint density at radius 2 is 2.08 bits per heavy atom. The maximum Gasteiger partial charge on any atom is 0.230 e. The summed E-state index contributed by atoms with van der Waals surface area (Å²) in [5.41, 5.74) is 6.79. The summed E-state index contributed by atoms with van der Waals surface area (Å²) in [5, 5.41) is 12.9. The highest BCUT2D eigenvalue weighted by Gasteiger charge is 2.65. The lowest BCUT2D eigenvalue weighted by atomic mass is 9.51. The number of hydrogen-bond acceptors (Lipinski definition) is 5. The molecule has 4 atom stereocenters. The summed E-state index contributed by atoms with van der Waals surface area (Å²) < 4.78 is 11.9. The van der Waals surface area contributed by atoms with E-state index in [0.29, 0.717) is 43.2 Å². The normalized spacial score (nSPS) is 38.8. The molecule has 0 unspecified atom stereocenters. The number of carbonyl (C=O) groups excluding carboxylic acids is 1. The summed E-state index contributed by atoms with van der Waals surface area (Å²) in [6.07, 6.45) is 4.05. The lowest BCUT2D eigenvalue weighted by molar-refractivity contribution is -0.211. The summed E-state index contributed by atoms with van der Waals surface area (Å²) in [5.74, 6) is -0.0797. The van der Waals surface area contributed by atoms with Crippen molar-refractivity contribution in [2.75, 3.05) is 13.2 Å². The van der Waals surface area contributed by atoms with Crippen LogP contribution < -0.4 is 11.1 Å². The van der Waals surface area contributed by atoms with Crippen molar-refractivity contribution in [3.05, 3.63) is 11.3 Å². The molecule has 5 aliphatic rings. The number of fused-ring (bicyclic) bond motifs is 1. The Hall–Kier alpha value is -1.58. The molecule has 0 aromatic rings. The van der Waals surface area contributed by atoms with Gasteiger partial charge in [0.15, 0.2) is 5.79 Å². The third kappa shape index (κ3) is 2.32. The van der Waals surface area contributed by atoms with Gasteiger partial charge in [0, 0.05) is 18.5 Å². The SMILES string of the molecule is CC(C)CC[C@@H]1[C@H]2C(=O)N[C@]3(CCC4(C[C@H]13)OCCO4)C(C#N)=C2N. The molecule has 3 heterocycles. The average Bonchev–Trinajstić information content (AvgIpc) is 3.01. The van der Waals surface area contributed by atoms with Crippen molar-refractivity contribution < 1.29 is 14.3 Å². The van der Waals surface area contributed by atoms with Crippen LogP contribution in [0.2, 0.25) is 0 Å². The number of piperidine rings is 1. The minimum absolute atomic E-state index is 0.00860. The molecule has 25 heavy (non-hydrogen) atoms. The minimum atomic E-state index is -0.632. The maximum atomic E-state index is 12.7. The van der Waals surface area contributed by atoms with Crippen molar-refractivity contribution in [2.45, 2.75) is 57.3 Å². The van der Waals surface area contributed by atoms with Crippen LogP contribution in [0.1, 0.15) is 46.0 Å². The molecular formula is C19H27N3O3. The Balaban J connectivity index is 1.75. The molecule has 136 valence electrons. The highest BCUT2D eigenvalue weighted by molar-refractivity contribution is 5.87. The zero-order chi connectivity index (χ0) is 17.8. The van der Waals surface area contributed by atoms with Crippen LogP contribution in [0.15, 0.2) is 11.3 Å². The topological polar surface area (TPSA) is 97.4 Å². The molecule has 2 aliphatic carbocycles. The van der Waals surface area contributed by atoms with E-state index in [1.165, 1.54) is 0 Å². The lowest BCUT2D eigenvalue weighted by Gasteiger charge is -2.60. The molecule has 2 saturated heterocycles. The predicted molar refractivity (Wildman–Crippen MR) is 90.7 cm³/mol. The van der Waals surface area contributed by atoms with Gasteiger partial charge in [0.05, 0.1) is 36.3 Å². The highest BCUT2D eigenvalue weighted by atomic mass is 16.7. The van der Waals surface area contributed by atoms with Gasteiger partial charge in [-0.1, -0.05) is 20.3 Å². The highest BCUT2D eigenvalue weighted by Crippen LogP contribution is 2.58. The summed E-state index contributed by atoms with van der Waals surface area (Å²) >= 11 is 0. The van der Waals surface area contributed by atoms with Gasteiger partial charge < -0.3 is 20.5 Å². The van der Waals surface area contributed by atoms with Crippen molar-refractivity contribution in [3.63, 3.8) is 0 Å².